The van der Waals surface area contributed by atoms with Crippen molar-refractivity contribution in [3.8, 4) is 0 Å². The molecule has 0 saturated heterocycles. The quantitative estimate of drug-likeness (QED) is 0.745. The highest BCUT2D eigenvalue weighted by Crippen LogP contribution is 2.23. The number of aromatic nitrogens is 3. The Morgan fingerprint density at radius 1 is 1.35 bits per heavy atom. The highest BCUT2D eigenvalue weighted by atomic mass is 16.4. The summed E-state index contributed by atoms with van der Waals surface area (Å²) in [6, 6.07) is 7.99. The molecule has 0 fully saturated rings. The molecule has 1 aliphatic heterocycles. The van der Waals surface area contributed by atoms with Crippen LogP contribution in [0, 0.1) is 6.92 Å². The van der Waals surface area contributed by atoms with Gasteiger partial charge in [-0.2, -0.15) is 4.98 Å². The van der Waals surface area contributed by atoms with Crippen molar-refractivity contribution in [2.75, 3.05) is 22.5 Å². The number of hydrogen-bond acceptors (Lipinski definition) is 7. The van der Waals surface area contributed by atoms with Gasteiger partial charge in [0.15, 0.2) is 5.69 Å². The number of benzene rings is 1. The fourth-order valence-corrected chi connectivity index (χ4v) is 2.93. The molecule has 26 heavy (non-hydrogen) atoms. The highest BCUT2D eigenvalue weighted by molar-refractivity contribution is 6.02. The van der Waals surface area contributed by atoms with Crippen LogP contribution in [0.25, 0.3) is 0 Å². The Bertz CT molecular complexity index is 968. The van der Waals surface area contributed by atoms with Crippen LogP contribution in [0.1, 0.15) is 27.3 Å². The lowest BCUT2D eigenvalue weighted by molar-refractivity contribution is 0.102. The number of hydrogen-bond donors (Lipinski definition) is 2. The van der Waals surface area contributed by atoms with Crippen molar-refractivity contribution in [2.24, 2.45) is 0 Å². The minimum Gasteiger partial charge on any atom is -0.431 e. The molecule has 0 aliphatic carbocycles. The van der Waals surface area contributed by atoms with E-state index in [4.69, 9.17) is 10.2 Å². The van der Waals surface area contributed by atoms with E-state index in [0.29, 0.717) is 19.1 Å². The predicted molar refractivity (Wildman–Crippen MR) is 96.8 cm³/mol. The molecule has 0 saturated carbocycles. The summed E-state index contributed by atoms with van der Waals surface area (Å²) >= 11 is 0. The number of nitrogens with one attached hydrogen (secondary N) is 1. The molecule has 3 aromatic rings. The van der Waals surface area contributed by atoms with Crippen LogP contribution in [0.2, 0.25) is 0 Å². The molecule has 8 nitrogen and oxygen atoms in total. The number of amides is 1. The summed E-state index contributed by atoms with van der Waals surface area (Å²) in [5.74, 6) is -0.0254. The summed E-state index contributed by atoms with van der Waals surface area (Å²) < 4.78 is 5.51. The van der Waals surface area contributed by atoms with Crippen LogP contribution in [0.4, 0.5) is 17.7 Å². The Kier molecular flexibility index (Phi) is 4.00. The first-order valence-corrected chi connectivity index (χ1v) is 8.27. The fraction of sp³-hybridized carbons (Fsp3) is 0.222. The second-order valence-electron chi connectivity index (χ2n) is 6.21. The van der Waals surface area contributed by atoms with Gasteiger partial charge in [-0.05, 0) is 24.6 Å². The number of aryl methyl sites for hydroxylation is 1. The van der Waals surface area contributed by atoms with Crippen LogP contribution in [0.15, 0.2) is 41.1 Å². The Labute approximate surface area is 150 Å². The smallest absolute Gasteiger partial charge is 0.298 e. The van der Waals surface area contributed by atoms with Crippen molar-refractivity contribution < 1.29 is 9.21 Å². The minimum atomic E-state index is -0.306. The molecular formula is C18H18N6O2. The third kappa shape index (κ3) is 3.21. The van der Waals surface area contributed by atoms with Gasteiger partial charge in [0, 0.05) is 30.4 Å². The lowest BCUT2D eigenvalue weighted by Crippen LogP contribution is -2.31. The lowest BCUT2D eigenvalue weighted by atomic mass is 10.1. The third-order valence-corrected chi connectivity index (χ3v) is 4.22. The van der Waals surface area contributed by atoms with E-state index in [-0.39, 0.29) is 17.5 Å². The number of rotatable bonds is 3. The summed E-state index contributed by atoms with van der Waals surface area (Å²) in [4.78, 5) is 26.9. The second kappa shape index (κ2) is 6.47. The van der Waals surface area contributed by atoms with Gasteiger partial charge in [0.2, 0.25) is 5.95 Å². The van der Waals surface area contributed by atoms with Crippen molar-refractivity contribution in [1.29, 1.82) is 0 Å². The maximum atomic E-state index is 12.4. The van der Waals surface area contributed by atoms with Crippen molar-refractivity contribution in [2.45, 2.75) is 19.9 Å². The normalized spacial score (nSPS) is 13.3. The Morgan fingerprint density at radius 3 is 3.08 bits per heavy atom. The lowest BCUT2D eigenvalue weighted by Gasteiger charge is -2.26. The van der Waals surface area contributed by atoms with E-state index >= 15 is 0 Å². The number of nitrogen functional groups attached to an aromatic ring is 1. The monoisotopic (exact) mass is 350 g/mol. The van der Waals surface area contributed by atoms with E-state index in [9.17, 15) is 4.79 Å². The van der Waals surface area contributed by atoms with Crippen LogP contribution in [0.3, 0.4) is 0 Å². The first kappa shape index (κ1) is 16.1. The molecule has 8 heteroatoms. The first-order chi connectivity index (χ1) is 12.6. The Hall–Kier alpha value is -3.42. The van der Waals surface area contributed by atoms with Crippen molar-refractivity contribution >= 4 is 23.6 Å². The number of anilines is 3. The van der Waals surface area contributed by atoms with E-state index in [1.54, 1.807) is 6.20 Å². The van der Waals surface area contributed by atoms with E-state index in [0.717, 1.165) is 28.9 Å². The van der Waals surface area contributed by atoms with Gasteiger partial charge < -0.3 is 20.4 Å². The van der Waals surface area contributed by atoms with Gasteiger partial charge in [0.05, 0.1) is 12.2 Å². The van der Waals surface area contributed by atoms with Gasteiger partial charge in [-0.1, -0.05) is 12.1 Å². The molecule has 0 spiro atoms. The predicted octanol–water partition coefficient (Wildman–Crippen LogP) is 2.17. The molecule has 0 atom stereocenters. The maximum Gasteiger partial charge on any atom is 0.298 e. The number of carbonyl (C=O) groups excluding carboxylic acids is 1. The van der Waals surface area contributed by atoms with Crippen LogP contribution in [0.5, 0.6) is 0 Å². The SMILES string of the molecule is Cc1cccc(NC(=O)c2coc(N3CCc4nc(N)ncc4C3)n2)c1. The summed E-state index contributed by atoms with van der Waals surface area (Å²) in [5, 5.41) is 2.82. The van der Waals surface area contributed by atoms with Crippen LogP contribution in [-0.4, -0.2) is 27.4 Å². The molecule has 0 radical (unpaired) electrons. The number of oxazole rings is 1. The van der Waals surface area contributed by atoms with Crippen molar-refractivity contribution in [1.82, 2.24) is 15.0 Å². The number of carbonyl (C=O) groups is 1. The summed E-state index contributed by atoms with van der Waals surface area (Å²) in [6.45, 7) is 3.22. The zero-order valence-electron chi connectivity index (χ0n) is 14.3. The molecule has 3 heterocycles. The second-order valence-corrected chi connectivity index (χ2v) is 6.21. The largest absolute Gasteiger partial charge is 0.431 e. The first-order valence-electron chi connectivity index (χ1n) is 8.27. The number of nitrogens with two attached hydrogens (primary N) is 1. The average Bonchev–Trinajstić information content (AvgIpc) is 3.11. The van der Waals surface area contributed by atoms with Crippen LogP contribution < -0.4 is 16.0 Å². The average molecular weight is 350 g/mol. The molecule has 2 aromatic heterocycles. The van der Waals surface area contributed by atoms with Gasteiger partial charge in [0.1, 0.15) is 6.26 Å². The van der Waals surface area contributed by atoms with E-state index in [1.807, 2.05) is 36.1 Å². The zero-order valence-corrected chi connectivity index (χ0v) is 14.3. The van der Waals surface area contributed by atoms with Crippen molar-refractivity contribution in [3.63, 3.8) is 0 Å². The third-order valence-electron chi connectivity index (χ3n) is 4.22. The molecule has 0 bridgehead atoms. The summed E-state index contributed by atoms with van der Waals surface area (Å²) in [7, 11) is 0. The topological polar surface area (TPSA) is 110 Å². The van der Waals surface area contributed by atoms with Crippen molar-refractivity contribution in [3.05, 3.63) is 59.2 Å². The standard InChI is InChI=1S/C18H18N6O2/c1-11-3-2-4-13(7-11)21-16(25)15-10-26-18(23-15)24-6-5-14-12(9-24)8-20-17(19)22-14/h2-4,7-8,10H,5-6,9H2,1H3,(H,21,25)(H2,19,20,22). The van der Waals surface area contributed by atoms with Gasteiger partial charge in [-0.25, -0.2) is 9.97 Å². The molecule has 1 amide bonds. The molecule has 1 aromatic carbocycles. The van der Waals surface area contributed by atoms with E-state index in [2.05, 4.69) is 20.3 Å². The molecule has 1 aliphatic rings. The van der Waals surface area contributed by atoms with E-state index < -0.39 is 0 Å². The van der Waals surface area contributed by atoms with Gasteiger partial charge >= 0.3 is 0 Å². The maximum absolute atomic E-state index is 12.4. The molecule has 3 N–H and O–H groups in total. The van der Waals surface area contributed by atoms with E-state index in [1.165, 1.54) is 6.26 Å². The zero-order chi connectivity index (χ0) is 18.1. The molecule has 4 rings (SSSR count). The summed E-state index contributed by atoms with van der Waals surface area (Å²) in [5.41, 5.74) is 9.58. The number of fused-ring (bicyclic) bond motifs is 1. The molecular weight excluding hydrogens is 332 g/mol. The Morgan fingerprint density at radius 2 is 2.23 bits per heavy atom. The fourth-order valence-electron chi connectivity index (χ4n) is 2.93. The Balaban J connectivity index is 1.48. The molecule has 0 unspecified atom stereocenters. The number of nitrogens with zero attached hydrogens (tertiary/aromatic N) is 4. The van der Waals surface area contributed by atoms with Gasteiger partial charge in [-0.3, -0.25) is 4.79 Å². The minimum absolute atomic E-state index is 0.237. The van der Waals surface area contributed by atoms with Gasteiger partial charge in [-0.15, -0.1) is 0 Å². The van der Waals surface area contributed by atoms with Crippen LogP contribution in [-0.2, 0) is 13.0 Å². The van der Waals surface area contributed by atoms with Gasteiger partial charge in [0.25, 0.3) is 11.9 Å². The highest BCUT2D eigenvalue weighted by Gasteiger charge is 2.23. The van der Waals surface area contributed by atoms with Crippen LogP contribution >= 0.6 is 0 Å². The molecule has 132 valence electrons. The summed E-state index contributed by atoms with van der Waals surface area (Å²) in [6.07, 6.45) is 3.81.